The Bertz CT molecular complexity index is 3000. The van der Waals surface area contributed by atoms with Crippen LogP contribution >= 0.6 is 0 Å². The number of fused-ring (bicyclic) bond motifs is 6. The van der Waals surface area contributed by atoms with Crippen LogP contribution in [-0.4, -0.2) is 0 Å². The minimum absolute atomic E-state index is 0.0211. The quantitative estimate of drug-likeness (QED) is 0.148. The Hall–Kier alpha value is -5.72. The molecule has 0 unspecified atom stereocenters. The van der Waals surface area contributed by atoms with Crippen LogP contribution in [0.15, 0.2) is 170 Å². The fraction of sp³-hybridized carbons (Fsp3) is 0. The van der Waals surface area contributed by atoms with Crippen LogP contribution in [0.4, 0.5) is 0 Å². The molecule has 0 spiro atoms. The molecule has 9 aromatic rings. The lowest BCUT2D eigenvalue weighted by Crippen LogP contribution is -1.92. The average molecular weight is 565 g/mol. The highest BCUT2D eigenvalue weighted by molar-refractivity contribution is 6.21. The van der Waals surface area contributed by atoms with Crippen molar-refractivity contribution in [3.63, 3.8) is 0 Å². The Labute approximate surface area is 267 Å². The average Bonchev–Trinajstić information content (AvgIpc) is 3.18. The summed E-state index contributed by atoms with van der Waals surface area (Å²) < 4.78 is 72.8. The zero-order valence-corrected chi connectivity index (χ0v) is 23.5. The van der Waals surface area contributed by atoms with Crippen molar-refractivity contribution in [3.8, 4) is 33.4 Å². The van der Waals surface area contributed by atoms with E-state index >= 15 is 0 Å². The molecule has 0 radical (unpaired) electrons. The fourth-order valence-corrected chi connectivity index (χ4v) is 6.72. The first-order valence-corrected chi connectivity index (χ1v) is 14.6. The smallest absolute Gasteiger partial charge is 0.0616 e. The van der Waals surface area contributed by atoms with E-state index in [0.717, 1.165) is 43.4 Å². The van der Waals surface area contributed by atoms with Crippen LogP contribution in [0.2, 0.25) is 0 Å². The van der Waals surface area contributed by atoms with Crippen molar-refractivity contribution in [2.24, 2.45) is 0 Å². The van der Waals surface area contributed by atoms with Crippen molar-refractivity contribution in [2.45, 2.75) is 0 Å². The molecule has 0 bridgehead atoms. The molecule has 9 rings (SSSR count). The van der Waals surface area contributed by atoms with Crippen LogP contribution in [0.5, 0.6) is 0 Å². The Morgan fingerprint density at radius 3 is 1.82 bits per heavy atom. The van der Waals surface area contributed by atoms with Crippen molar-refractivity contribution >= 4 is 53.9 Å². The van der Waals surface area contributed by atoms with E-state index in [9.17, 15) is 5.48 Å². The van der Waals surface area contributed by atoms with Gasteiger partial charge in [-0.1, -0.05) is 164 Å². The van der Waals surface area contributed by atoms with E-state index in [4.69, 9.17) is 5.48 Å². The maximum absolute atomic E-state index is 9.54. The van der Waals surface area contributed by atoms with E-state index in [1.54, 1.807) is 0 Å². The SMILES string of the molecule is [2H]c1c([2H])c([2H])c2c(-c3cccc4ccccc34)c3c(-c4ccccc4-c4cccc5c4ccc4ccccc45)c([2H])c([2H])c([2H])c3c([2H])c2c1[2H]. The molecule has 0 aromatic heterocycles. The first-order valence-electron chi connectivity index (χ1n) is 18.6. The van der Waals surface area contributed by atoms with Gasteiger partial charge in [0.15, 0.2) is 0 Å². The third kappa shape index (κ3) is 3.78. The molecule has 44 heavy (non-hydrogen) atoms. The molecule has 0 heteroatoms. The van der Waals surface area contributed by atoms with Crippen LogP contribution < -0.4 is 0 Å². The highest BCUT2D eigenvalue weighted by Gasteiger charge is 2.19. The van der Waals surface area contributed by atoms with E-state index in [1.807, 2.05) is 91.0 Å². The largest absolute Gasteiger partial charge is 0.0636 e. The summed E-state index contributed by atoms with van der Waals surface area (Å²) in [7, 11) is 0. The molecule has 0 saturated carbocycles. The van der Waals surface area contributed by atoms with Crippen molar-refractivity contribution in [1.29, 1.82) is 0 Å². The zero-order valence-electron chi connectivity index (χ0n) is 31.5. The van der Waals surface area contributed by atoms with E-state index in [2.05, 4.69) is 30.3 Å². The molecule has 0 nitrogen and oxygen atoms in total. The summed E-state index contributed by atoms with van der Waals surface area (Å²) in [6.07, 6.45) is 0. The van der Waals surface area contributed by atoms with Gasteiger partial charge in [0, 0.05) is 0 Å². The topological polar surface area (TPSA) is 0 Å². The highest BCUT2D eigenvalue weighted by atomic mass is 14.2. The predicted molar refractivity (Wildman–Crippen MR) is 190 cm³/mol. The van der Waals surface area contributed by atoms with Gasteiger partial charge in [0.05, 0.1) is 11.0 Å². The summed E-state index contributed by atoms with van der Waals surface area (Å²) >= 11 is 0. The van der Waals surface area contributed by atoms with Crippen LogP contribution in [0, 0.1) is 0 Å². The highest BCUT2D eigenvalue weighted by Crippen LogP contribution is 2.46. The van der Waals surface area contributed by atoms with Gasteiger partial charge in [0.1, 0.15) is 0 Å². The Balaban J connectivity index is 1.53. The van der Waals surface area contributed by atoms with Gasteiger partial charge >= 0.3 is 0 Å². The van der Waals surface area contributed by atoms with Gasteiger partial charge < -0.3 is 0 Å². The van der Waals surface area contributed by atoms with Crippen LogP contribution in [-0.2, 0) is 0 Å². The normalized spacial score (nSPS) is 14.2. The number of hydrogen-bond acceptors (Lipinski definition) is 0. The van der Waals surface area contributed by atoms with Crippen molar-refractivity contribution in [1.82, 2.24) is 0 Å². The molecule has 9 aromatic carbocycles. The monoisotopic (exact) mass is 564 g/mol. The predicted octanol–water partition coefficient (Wildman–Crippen LogP) is 12.5. The van der Waals surface area contributed by atoms with E-state index in [0.29, 0.717) is 27.6 Å². The van der Waals surface area contributed by atoms with Gasteiger partial charge in [0.25, 0.3) is 0 Å². The van der Waals surface area contributed by atoms with Gasteiger partial charge in [-0.05, 0) is 93.3 Å². The van der Waals surface area contributed by atoms with Crippen LogP contribution in [0.25, 0.3) is 87.2 Å². The standard InChI is InChI=1S/C44H28/c1-5-18-34-29(12-1)15-9-24-41(34)44-35-19-6-3-14-31(35)28-32-16-10-25-42(43(32)44)39-21-8-7-20-37(39)38-23-11-22-36-33-17-4-2-13-30(33)26-27-40(36)38/h1-28H/i3D,6D,10D,14D,16D,19D,25D,28D. The van der Waals surface area contributed by atoms with Crippen molar-refractivity contribution in [3.05, 3.63) is 170 Å². The molecule has 0 aliphatic heterocycles. The number of benzene rings is 9. The lowest BCUT2D eigenvalue weighted by molar-refractivity contribution is 1.62. The Morgan fingerprint density at radius 2 is 0.932 bits per heavy atom. The zero-order chi connectivity index (χ0) is 36.0. The third-order valence-electron chi connectivity index (χ3n) is 8.64. The third-order valence-corrected chi connectivity index (χ3v) is 8.64. The molecular weight excluding hydrogens is 528 g/mol. The van der Waals surface area contributed by atoms with Crippen LogP contribution in [0.1, 0.15) is 11.0 Å². The van der Waals surface area contributed by atoms with Crippen molar-refractivity contribution in [2.75, 3.05) is 0 Å². The van der Waals surface area contributed by atoms with E-state index in [1.165, 1.54) is 0 Å². The maximum atomic E-state index is 9.54. The first-order chi connectivity index (χ1) is 25.2. The molecular formula is C44H28. The fourth-order valence-electron chi connectivity index (χ4n) is 6.72. The Morgan fingerprint density at radius 1 is 0.318 bits per heavy atom. The molecule has 0 N–H and O–H groups in total. The van der Waals surface area contributed by atoms with Gasteiger partial charge in [-0.15, -0.1) is 0 Å². The maximum Gasteiger partial charge on any atom is 0.0636 e. The summed E-state index contributed by atoms with van der Waals surface area (Å²) in [6.45, 7) is 0. The lowest BCUT2D eigenvalue weighted by atomic mass is 9.84. The second kappa shape index (κ2) is 9.93. The van der Waals surface area contributed by atoms with Gasteiger partial charge in [-0.2, -0.15) is 0 Å². The number of rotatable bonds is 3. The molecule has 0 heterocycles. The number of hydrogen-bond donors (Lipinski definition) is 0. The summed E-state index contributed by atoms with van der Waals surface area (Å²) in [6, 6.07) is 36.9. The summed E-state index contributed by atoms with van der Waals surface area (Å²) in [5.41, 5.74) is 3.70. The van der Waals surface area contributed by atoms with E-state index < -0.39 is 12.1 Å². The summed E-state index contributed by atoms with van der Waals surface area (Å²) in [5, 5.41) is 6.53. The van der Waals surface area contributed by atoms with E-state index in [-0.39, 0.29) is 52.4 Å². The minimum atomic E-state index is -0.474. The minimum Gasteiger partial charge on any atom is -0.0616 e. The van der Waals surface area contributed by atoms with Gasteiger partial charge in [-0.3, -0.25) is 0 Å². The molecule has 0 saturated heterocycles. The van der Waals surface area contributed by atoms with Gasteiger partial charge in [-0.25, -0.2) is 0 Å². The molecule has 204 valence electrons. The molecule has 0 aliphatic rings. The first kappa shape index (κ1) is 18.1. The summed E-state index contributed by atoms with van der Waals surface area (Å²) in [5.74, 6) is 0. The summed E-state index contributed by atoms with van der Waals surface area (Å²) in [4.78, 5) is 0. The molecule has 0 fully saturated rings. The molecule has 0 atom stereocenters. The van der Waals surface area contributed by atoms with Gasteiger partial charge in [0.2, 0.25) is 0 Å². The molecule has 0 aliphatic carbocycles. The van der Waals surface area contributed by atoms with Crippen molar-refractivity contribution < 1.29 is 11.0 Å². The molecule has 0 amide bonds. The lowest BCUT2D eigenvalue weighted by Gasteiger charge is -2.19. The van der Waals surface area contributed by atoms with Crippen LogP contribution in [0.3, 0.4) is 0 Å². The Kier molecular flexibility index (Phi) is 4.08. The second-order valence-electron chi connectivity index (χ2n) is 11.0. The second-order valence-corrected chi connectivity index (χ2v) is 11.0.